The van der Waals surface area contributed by atoms with Crippen molar-refractivity contribution in [3.8, 4) is 0 Å². The molecule has 1 unspecified atom stereocenters. The third-order valence-corrected chi connectivity index (χ3v) is 5.14. The van der Waals surface area contributed by atoms with Crippen LogP contribution in [0.4, 0.5) is 5.69 Å². The molecule has 0 fully saturated rings. The molecular weight excluding hydrogens is 310 g/mol. The predicted octanol–water partition coefficient (Wildman–Crippen LogP) is 2.95. The number of para-hydroxylation sites is 1. The summed E-state index contributed by atoms with van der Waals surface area (Å²) in [5.74, 6) is -0.286. The number of rotatable bonds is 3. The fourth-order valence-corrected chi connectivity index (χ4v) is 3.95. The summed E-state index contributed by atoms with van der Waals surface area (Å²) in [5.41, 5.74) is 2.22. The Labute approximate surface area is 136 Å². The first kappa shape index (κ1) is 15.5. The number of carbonyl (C=O) groups excluding carboxylic acids is 1. The van der Waals surface area contributed by atoms with E-state index in [1.54, 1.807) is 17.0 Å². The van der Waals surface area contributed by atoms with Gasteiger partial charge in [0.15, 0.2) is 9.84 Å². The summed E-state index contributed by atoms with van der Waals surface area (Å²) in [7, 11) is -3.25. The lowest BCUT2D eigenvalue weighted by Gasteiger charge is -2.28. The molecule has 4 nitrogen and oxygen atoms in total. The van der Waals surface area contributed by atoms with E-state index in [0.717, 1.165) is 5.56 Å². The van der Waals surface area contributed by atoms with Gasteiger partial charge in [-0.1, -0.05) is 35.9 Å². The number of aryl methyl sites for hydroxylation is 1. The van der Waals surface area contributed by atoms with Gasteiger partial charge in [0.05, 0.1) is 11.8 Å². The molecule has 0 N–H and O–H groups in total. The van der Waals surface area contributed by atoms with Gasteiger partial charge in [0.2, 0.25) is 0 Å². The van der Waals surface area contributed by atoms with Crippen molar-refractivity contribution in [1.82, 2.24) is 0 Å². The Morgan fingerprint density at radius 3 is 2.43 bits per heavy atom. The first-order chi connectivity index (χ1) is 11.0. The Morgan fingerprint density at radius 1 is 1.09 bits per heavy atom. The molecule has 0 saturated carbocycles. The quantitative estimate of drug-likeness (QED) is 0.871. The normalized spacial score (nSPS) is 18.7. The van der Waals surface area contributed by atoms with E-state index in [1.807, 2.05) is 55.5 Å². The van der Waals surface area contributed by atoms with Gasteiger partial charge >= 0.3 is 0 Å². The third kappa shape index (κ3) is 3.35. The predicted molar refractivity (Wildman–Crippen MR) is 91.1 cm³/mol. The molecule has 118 valence electrons. The average Bonchev–Trinajstić information content (AvgIpc) is 2.88. The molecule has 1 aliphatic heterocycles. The van der Waals surface area contributed by atoms with Gasteiger partial charge in [0.25, 0.3) is 5.91 Å². The summed E-state index contributed by atoms with van der Waals surface area (Å²) >= 11 is 0. The first-order valence-electron chi connectivity index (χ1n) is 7.32. The lowest BCUT2D eigenvalue weighted by Crippen LogP contribution is -2.41. The highest BCUT2D eigenvalue weighted by molar-refractivity contribution is 7.94. The van der Waals surface area contributed by atoms with E-state index in [0.29, 0.717) is 11.3 Å². The van der Waals surface area contributed by atoms with E-state index in [-0.39, 0.29) is 11.7 Å². The molecule has 1 aliphatic rings. The molecule has 0 aliphatic carbocycles. The van der Waals surface area contributed by atoms with Crippen molar-refractivity contribution in [2.45, 2.75) is 13.0 Å². The number of carbonyl (C=O) groups is 1. The van der Waals surface area contributed by atoms with Gasteiger partial charge in [0, 0.05) is 16.7 Å². The van der Waals surface area contributed by atoms with E-state index in [2.05, 4.69) is 0 Å². The standard InChI is InChI=1S/C18H17NO3S/c1-14-6-5-7-15(12-14)18(20)19(16-8-3-2-4-9-16)17-10-11-23(21,22)13-17/h2-12,17H,13H2,1H3. The lowest BCUT2D eigenvalue weighted by atomic mass is 10.1. The number of anilines is 1. The van der Waals surface area contributed by atoms with Crippen molar-refractivity contribution in [1.29, 1.82) is 0 Å². The number of nitrogens with zero attached hydrogens (tertiary/aromatic N) is 1. The Bertz CT molecular complexity index is 857. The minimum atomic E-state index is -3.25. The fourth-order valence-electron chi connectivity index (χ4n) is 2.69. The maximum absolute atomic E-state index is 13.0. The lowest BCUT2D eigenvalue weighted by molar-refractivity contribution is 0.0983. The molecule has 2 aromatic rings. The zero-order valence-electron chi connectivity index (χ0n) is 12.7. The van der Waals surface area contributed by atoms with E-state index in [9.17, 15) is 13.2 Å². The van der Waals surface area contributed by atoms with Crippen molar-refractivity contribution in [2.75, 3.05) is 10.7 Å². The molecule has 1 heterocycles. The van der Waals surface area contributed by atoms with Gasteiger partial charge in [-0.3, -0.25) is 4.79 Å². The van der Waals surface area contributed by atoms with Crippen molar-refractivity contribution < 1.29 is 13.2 Å². The van der Waals surface area contributed by atoms with E-state index in [4.69, 9.17) is 0 Å². The largest absolute Gasteiger partial charge is 0.300 e. The highest BCUT2D eigenvalue weighted by Crippen LogP contribution is 2.25. The van der Waals surface area contributed by atoms with E-state index >= 15 is 0 Å². The number of hydrogen-bond donors (Lipinski definition) is 0. The molecule has 5 heteroatoms. The van der Waals surface area contributed by atoms with Crippen LogP contribution in [0.15, 0.2) is 66.1 Å². The van der Waals surface area contributed by atoms with Crippen molar-refractivity contribution in [2.24, 2.45) is 0 Å². The van der Waals surface area contributed by atoms with E-state index < -0.39 is 15.9 Å². The van der Waals surface area contributed by atoms with E-state index in [1.165, 1.54) is 5.41 Å². The smallest absolute Gasteiger partial charge is 0.258 e. The molecule has 0 radical (unpaired) electrons. The van der Waals surface area contributed by atoms with Gasteiger partial charge in [-0.2, -0.15) is 0 Å². The maximum atomic E-state index is 13.0. The summed E-state index contributed by atoms with van der Waals surface area (Å²) in [5, 5.41) is 1.19. The topological polar surface area (TPSA) is 54.5 Å². The van der Waals surface area contributed by atoms with Crippen LogP contribution in [0.1, 0.15) is 15.9 Å². The molecule has 0 bridgehead atoms. The second-order valence-corrected chi connectivity index (χ2v) is 7.54. The maximum Gasteiger partial charge on any atom is 0.258 e. The zero-order valence-corrected chi connectivity index (χ0v) is 13.5. The summed E-state index contributed by atoms with van der Waals surface area (Å²) in [6.45, 7) is 1.92. The Balaban J connectivity index is 2.02. The molecule has 2 aromatic carbocycles. The molecule has 3 rings (SSSR count). The second kappa shape index (κ2) is 6.01. The summed E-state index contributed by atoms with van der Waals surface area (Å²) < 4.78 is 23.5. The van der Waals surface area contributed by atoms with Crippen LogP contribution >= 0.6 is 0 Å². The minimum absolute atomic E-state index is 0.0839. The number of sulfone groups is 1. The molecule has 0 spiro atoms. The summed E-state index contributed by atoms with van der Waals surface area (Å²) in [6, 6.07) is 16.0. The van der Waals surface area contributed by atoms with Crippen molar-refractivity contribution in [3.63, 3.8) is 0 Å². The monoisotopic (exact) mass is 327 g/mol. The summed E-state index contributed by atoms with van der Waals surface area (Å²) in [4.78, 5) is 14.5. The van der Waals surface area contributed by atoms with Crippen LogP contribution in [-0.4, -0.2) is 26.1 Å². The van der Waals surface area contributed by atoms with Crippen LogP contribution in [0.3, 0.4) is 0 Å². The van der Waals surface area contributed by atoms with Gasteiger partial charge in [0.1, 0.15) is 0 Å². The Morgan fingerprint density at radius 2 is 1.83 bits per heavy atom. The highest BCUT2D eigenvalue weighted by atomic mass is 32.2. The molecule has 23 heavy (non-hydrogen) atoms. The van der Waals surface area contributed by atoms with Crippen molar-refractivity contribution in [3.05, 3.63) is 77.2 Å². The number of hydrogen-bond acceptors (Lipinski definition) is 3. The van der Waals surface area contributed by atoms with Crippen molar-refractivity contribution >= 4 is 21.4 Å². The number of amides is 1. The van der Waals surface area contributed by atoms with Crippen LogP contribution in [0.5, 0.6) is 0 Å². The average molecular weight is 327 g/mol. The Kier molecular flexibility index (Phi) is 4.05. The van der Waals surface area contributed by atoms with Gasteiger partial charge in [-0.25, -0.2) is 8.42 Å². The summed E-state index contributed by atoms with van der Waals surface area (Å²) in [6.07, 6.45) is 1.58. The van der Waals surface area contributed by atoms with Crippen LogP contribution in [-0.2, 0) is 9.84 Å². The zero-order chi connectivity index (χ0) is 16.4. The molecular formula is C18H17NO3S. The fraction of sp³-hybridized carbons (Fsp3) is 0.167. The SMILES string of the molecule is Cc1cccc(C(=O)N(c2ccccc2)C2C=CS(=O)(=O)C2)c1. The van der Waals surface area contributed by atoms with Gasteiger partial charge < -0.3 is 4.90 Å². The van der Waals surface area contributed by atoms with Crippen LogP contribution in [0, 0.1) is 6.92 Å². The molecule has 1 amide bonds. The van der Waals surface area contributed by atoms with Crippen LogP contribution < -0.4 is 4.90 Å². The Hall–Kier alpha value is -2.40. The second-order valence-electron chi connectivity index (χ2n) is 5.61. The van der Waals surface area contributed by atoms with Crippen LogP contribution in [0.25, 0.3) is 0 Å². The third-order valence-electron chi connectivity index (χ3n) is 3.76. The highest BCUT2D eigenvalue weighted by Gasteiger charge is 2.31. The molecule has 1 atom stereocenters. The van der Waals surface area contributed by atoms with Crippen LogP contribution in [0.2, 0.25) is 0 Å². The molecule has 0 saturated heterocycles. The first-order valence-corrected chi connectivity index (χ1v) is 9.04. The molecule has 0 aromatic heterocycles. The number of benzene rings is 2. The minimum Gasteiger partial charge on any atom is -0.300 e. The van der Waals surface area contributed by atoms with Gasteiger partial charge in [-0.05, 0) is 37.3 Å². The van der Waals surface area contributed by atoms with Gasteiger partial charge in [-0.15, -0.1) is 0 Å².